The lowest BCUT2D eigenvalue weighted by Gasteiger charge is -2.41. The number of rotatable bonds is 3. The molecule has 1 amide bonds. The number of halogens is 5. The van der Waals surface area contributed by atoms with Crippen LogP contribution in [0.2, 0.25) is 0 Å². The van der Waals surface area contributed by atoms with Crippen LogP contribution >= 0.6 is 0 Å². The standard InChI is InChI=1S/C16H17F5N2O/c17-14(18)9-22-6-11(7-22)15(24)23-5-4-10-2-1-3-13(12(10)8-23)16(19,20)21/h1-3,11,14H,4-9H2. The van der Waals surface area contributed by atoms with E-state index in [0.29, 0.717) is 18.5 Å². The number of carbonyl (C=O) groups excluding carboxylic acids is 1. The number of benzene rings is 1. The molecule has 0 saturated carbocycles. The van der Waals surface area contributed by atoms with Crippen molar-refractivity contribution in [2.75, 3.05) is 26.2 Å². The molecule has 0 spiro atoms. The predicted octanol–water partition coefficient (Wildman–Crippen LogP) is 2.79. The highest BCUT2D eigenvalue weighted by atomic mass is 19.4. The number of nitrogens with zero attached hydrogens (tertiary/aromatic N) is 2. The topological polar surface area (TPSA) is 23.6 Å². The Bertz CT molecular complexity index is 625. The molecule has 3 nitrogen and oxygen atoms in total. The number of likely N-dealkylation sites (tertiary alicyclic amines) is 1. The number of hydrogen-bond donors (Lipinski definition) is 0. The summed E-state index contributed by atoms with van der Waals surface area (Å²) in [5.41, 5.74) is 0.0561. The van der Waals surface area contributed by atoms with Gasteiger partial charge in [-0.15, -0.1) is 0 Å². The lowest BCUT2D eigenvalue weighted by Crippen LogP contribution is -2.56. The maximum Gasteiger partial charge on any atom is 0.416 e. The molecule has 0 aliphatic carbocycles. The van der Waals surface area contributed by atoms with Crippen molar-refractivity contribution in [3.05, 3.63) is 34.9 Å². The first-order valence-electron chi connectivity index (χ1n) is 7.73. The first kappa shape index (κ1) is 17.1. The van der Waals surface area contributed by atoms with Crippen LogP contribution in [0, 0.1) is 5.92 Å². The van der Waals surface area contributed by atoms with E-state index in [1.165, 1.54) is 15.9 Å². The van der Waals surface area contributed by atoms with Gasteiger partial charge in [-0.3, -0.25) is 9.69 Å². The summed E-state index contributed by atoms with van der Waals surface area (Å²) < 4.78 is 63.9. The Balaban J connectivity index is 1.68. The van der Waals surface area contributed by atoms with Crippen molar-refractivity contribution < 1.29 is 26.7 Å². The molecule has 0 unspecified atom stereocenters. The van der Waals surface area contributed by atoms with Gasteiger partial charge < -0.3 is 4.90 Å². The average molecular weight is 348 g/mol. The highest BCUT2D eigenvalue weighted by Crippen LogP contribution is 2.36. The van der Waals surface area contributed by atoms with Gasteiger partial charge in [0, 0.05) is 26.2 Å². The zero-order chi connectivity index (χ0) is 17.5. The van der Waals surface area contributed by atoms with Crippen LogP contribution in [0.4, 0.5) is 22.0 Å². The Labute approximate surface area is 136 Å². The maximum atomic E-state index is 13.1. The third-order valence-electron chi connectivity index (χ3n) is 4.59. The van der Waals surface area contributed by atoms with Crippen molar-refractivity contribution in [1.29, 1.82) is 0 Å². The molecular weight excluding hydrogens is 331 g/mol. The van der Waals surface area contributed by atoms with Gasteiger partial charge in [-0.25, -0.2) is 8.78 Å². The highest BCUT2D eigenvalue weighted by molar-refractivity contribution is 5.80. The molecule has 0 N–H and O–H groups in total. The van der Waals surface area contributed by atoms with E-state index >= 15 is 0 Å². The number of carbonyl (C=O) groups is 1. The first-order chi connectivity index (χ1) is 11.3. The summed E-state index contributed by atoms with van der Waals surface area (Å²) in [6, 6.07) is 4.06. The Morgan fingerprint density at radius 3 is 2.58 bits per heavy atom. The van der Waals surface area contributed by atoms with Gasteiger partial charge in [0.15, 0.2) is 0 Å². The zero-order valence-corrected chi connectivity index (χ0v) is 12.8. The fourth-order valence-corrected chi connectivity index (χ4v) is 3.36. The maximum absolute atomic E-state index is 13.1. The SMILES string of the molecule is O=C(C1CN(CC(F)F)C1)N1CCc2cccc(C(F)(F)F)c2C1. The van der Waals surface area contributed by atoms with Crippen molar-refractivity contribution in [3.8, 4) is 0 Å². The predicted molar refractivity (Wildman–Crippen MR) is 76.5 cm³/mol. The molecule has 2 aliphatic heterocycles. The van der Waals surface area contributed by atoms with Crippen molar-refractivity contribution in [1.82, 2.24) is 9.80 Å². The van der Waals surface area contributed by atoms with Crippen molar-refractivity contribution in [2.24, 2.45) is 5.92 Å². The van der Waals surface area contributed by atoms with Gasteiger partial charge in [0.25, 0.3) is 6.43 Å². The molecule has 3 rings (SSSR count). The van der Waals surface area contributed by atoms with E-state index in [4.69, 9.17) is 0 Å². The molecule has 0 aromatic heterocycles. The molecular formula is C16H17F5N2O. The van der Waals surface area contributed by atoms with Crippen molar-refractivity contribution in [2.45, 2.75) is 25.6 Å². The molecule has 24 heavy (non-hydrogen) atoms. The summed E-state index contributed by atoms with van der Waals surface area (Å²) in [7, 11) is 0. The van der Waals surface area contributed by atoms with Gasteiger partial charge in [0.05, 0.1) is 18.0 Å². The Morgan fingerprint density at radius 2 is 1.96 bits per heavy atom. The average Bonchev–Trinajstić information content (AvgIpc) is 2.47. The minimum atomic E-state index is -4.46. The van der Waals surface area contributed by atoms with E-state index in [1.807, 2.05) is 0 Å². The van der Waals surface area contributed by atoms with Crippen LogP contribution in [-0.4, -0.2) is 48.3 Å². The largest absolute Gasteiger partial charge is 0.416 e. The van der Waals surface area contributed by atoms with E-state index in [9.17, 15) is 26.7 Å². The fourth-order valence-electron chi connectivity index (χ4n) is 3.36. The Hall–Kier alpha value is -1.70. The van der Waals surface area contributed by atoms with E-state index in [1.54, 1.807) is 6.07 Å². The summed E-state index contributed by atoms with van der Waals surface area (Å²) in [5.74, 6) is -0.647. The van der Waals surface area contributed by atoms with Gasteiger partial charge in [0.2, 0.25) is 5.91 Å². The van der Waals surface area contributed by atoms with Gasteiger partial charge >= 0.3 is 6.18 Å². The summed E-state index contributed by atoms with van der Waals surface area (Å²) in [6.07, 6.45) is -6.53. The molecule has 0 radical (unpaired) electrons. The van der Waals surface area contributed by atoms with Gasteiger partial charge in [-0.2, -0.15) is 13.2 Å². The van der Waals surface area contributed by atoms with Crippen LogP contribution < -0.4 is 0 Å². The number of fused-ring (bicyclic) bond motifs is 1. The third-order valence-corrected chi connectivity index (χ3v) is 4.59. The second-order valence-electron chi connectivity index (χ2n) is 6.26. The summed E-state index contributed by atoms with van der Waals surface area (Å²) >= 11 is 0. The fraction of sp³-hybridized carbons (Fsp3) is 0.562. The number of amides is 1. The molecule has 1 aromatic carbocycles. The molecule has 1 aromatic rings. The summed E-state index contributed by atoms with van der Waals surface area (Å²) in [4.78, 5) is 15.3. The van der Waals surface area contributed by atoms with Gasteiger partial charge in [-0.05, 0) is 23.6 Å². The minimum absolute atomic E-state index is 0.0742. The molecule has 8 heteroatoms. The second-order valence-corrected chi connectivity index (χ2v) is 6.26. The van der Waals surface area contributed by atoms with Crippen LogP contribution in [0.1, 0.15) is 16.7 Å². The van der Waals surface area contributed by atoms with Crippen molar-refractivity contribution in [3.63, 3.8) is 0 Å². The molecule has 2 aliphatic rings. The molecule has 132 valence electrons. The molecule has 2 heterocycles. The quantitative estimate of drug-likeness (QED) is 0.785. The van der Waals surface area contributed by atoms with Crippen LogP contribution in [0.25, 0.3) is 0 Å². The Kier molecular flexibility index (Phi) is 4.50. The van der Waals surface area contributed by atoms with E-state index in [-0.39, 0.29) is 37.6 Å². The molecule has 1 fully saturated rings. The lowest BCUT2D eigenvalue weighted by atomic mass is 9.92. The minimum Gasteiger partial charge on any atom is -0.338 e. The molecule has 0 bridgehead atoms. The van der Waals surface area contributed by atoms with Crippen LogP contribution in [-0.2, 0) is 23.9 Å². The first-order valence-corrected chi connectivity index (χ1v) is 7.73. The zero-order valence-electron chi connectivity index (χ0n) is 12.8. The smallest absolute Gasteiger partial charge is 0.338 e. The van der Waals surface area contributed by atoms with E-state index in [2.05, 4.69) is 0 Å². The van der Waals surface area contributed by atoms with Gasteiger partial charge in [-0.1, -0.05) is 12.1 Å². The second kappa shape index (κ2) is 6.31. The highest BCUT2D eigenvalue weighted by Gasteiger charge is 2.39. The van der Waals surface area contributed by atoms with E-state index < -0.39 is 24.1 Å². The number of alkyl halides is 5. The lowest BCUT2D eigenvalue weighted by molar-refractivity contribution is -0.145. The summed E-state index contributed by atoms with van der Waals surface area (Å²) in [6.45, 7) is 0.402. The van der Waals surface area contributed by atoms with Crippen LogP contribution in [0.3, 0.4) is 0 Å². The number of hydrogen-bond acceptors (Lipinski definition) is 2. The molecule has 0 atom stereocenters. The molecule has 1 saturated heterocycles. The van der Waals surface area contributed by atoms with Crippen LogP contribution in [0.5, 0.6) is 0 Å². The normalized spacial score (nSPS) is 19.3. The Morgan fingerprint density at radius 1 is 1.25 bits per heavy atom. The van der Waals surface area contributed by atoms with Crippen molar-refractivity contribution >= 4 is 5.91 Å². The summed E-state index contributed by atoms with van der Waals surface area (Å²) in [5, 5.41) is 0. The monoisotopic (exact) mass is 348 g/mol. The van der Waals surface area contributed by atoms with Crippen LogP contribution in [0.15, 0.2) is 18.2 Å². The van der Waals surface area contributed by atoms with E-state index in [0.717, 1.165) is 6.07 Å². The third kappa shape index (κ3) is 3.38. The van der Waals surface area contributed by atoms with Gasteiger partial charge in [0.1, 0.15) is 0 Å².